The molecule has 0 radical (unpaired) electrons. The number of nitrogens with one attached hydrogen (secondary N) is 1. The van der Waals surface area contributed by atoms with Gasteiger partial charge in [0.1, 0.15) is 5.75 Å². The van der Waals surface area contributed by atoms with Gasteiger partial charge in [0.05, 0.1) is 0 Å². The van der Waals surface area contributed by atoms with Gasteiger partial charge in [-0.25, -0.2) is 0 Å². The highest BCUT2D eigenvalue weighted by atomic mass is 16.5. The Balaban J connectivity index is 1.92. The molecule has 1 atom stereocenters. The third kappa shape index (κ3) is 3.70. The maximum atomic E-state index is 12.2. The van der Waals surface area contributed by atoms with Gasteiger partial charge in [-0.3, -0.25) is 4.79 Å². The van der Waals surface area contributed by atoms with Gasteiger partial charge >= 0.3 is 0 Å². The summed E-state index contributed by atoms with van der Waals surface area (Å²) in [5.41, 5.74) is -0.0328. The lowest BCUT2D eigenvalue weighted by Crippen LogP contribution is -2.62. The van der Waals surface area contributed by atoms with E-state index in [1.54, 1.807) is 0 Å². The number of piperazine rings is 1. The average molecular weight is 262 g/mol. The third-order valence-electron chi connectivity index (χ3n) is 3.40. The second-order valence-electron chi connectivity index (χ2n) is 5.74. The highest BCUT2D eigenvalue weighted by molar-refractivity contribution is 5.78. The van der Waals surface area contributed by atoms with Crippen molar-refractivity contribution in [1.82, 2.24) is 10.2 Å². The van der Waals surface area contributed by atoms with E-state index in [0.717, 1.165) is 12.3 Å². The minimum absolute atomic E-state index is 0.0328. The van der Waals surface area contributed by atoms with E-state index in [9.17, 15) is 4.79 Å². The lowest BCUT2D eigenvalue weighted by atomic mass is 9.99. The first-order chi connectivity index (χ1) is 8.98. The molecule has 4 heteroatoms. The lowest BCUT2D eigenvalue weighted by Gasteiger charge is -2.43. The molecule has 19 heavy (non-hydrogen) atoms. The molecular formula is C15H22N2O2. The topological polar surface area (TPSA) is 41.6 Å². The van der Waals surface area contributed by atoms with Crippen molar-refractivity contribution in [3.8, 4) is 5.75 Å². The Morgan fingerprint density at radius 1 is 1.42 bits per heavy atom. The minimum Gasteiger partial charge on any atom is -0.484 e. The van der Waals surface area contributed by atoms with Gasteiger partial charge < -0.3 is 15.0 Å². The molecule has 1 unspecified atom stereocenters. The Labute approximate surface area is 114 Å². The van der Waals surface area contributed by atoms with Crippen molar-refractivity contribution in [1.29, 1.82) is 0 Å². The molecule has 1 N–H and O–H groups in total. The van der Waals surface area contributed by atoms with Gasteiger partial charge in [-0.05, 0) is 32.9 Å². The summed E-state index contributed by atoms with van der Waals surface area (Å²) in [6, 6.07) is 9.65. The largest absolute Gasteiger partial charge is 0.484 e. The zero-order valence-corrected chi connectivity index (χ0v) is 11.8. The van der Waals surface area contributed by atoms with Crippen LogP contribution in [-0.2, 0) is 4.79 Å². The van der Waals surface area contributed by atoms with Crippen molar-refractivity contribution in [3.05, 3.63) is 30.3 Å². The summed E-state index contributed by atoms with van der Waals surface area (Å²) >= 11 is 0. The first-order valence-corrected chi connectivity index (χ1v) is 6.70. The van der Waals surface area contributed by atoms with Crippen LogP contribution in [0.1, 0.15) is 20.8 Å². The zero-order chi connectivity index (χ0) is 13.9. The normalized spacial score (nSPS) is 22.1. The SMILES string of the molecule is CC1CNC(C)(C)CN1C(=O)COc1ccccc1. The van der Waals surface area contributed by atoms with E-state index in [2.05, 4.69) is 26.1 Å². The molecule has 0 bridgehead atoms. The number of carbonyl (C=O) groups is 1. The Kier molecular flexibility index (Phi) is 4.10. The summed E-state index contributed by atoms with van der Waals surface area (Å²) in [6.07, 6.45) is 0. The summed E-state index contributed by atoms with van der Waals surface area (Å²) in [4.78, 5) is 14.1. The van der Waals surface area contributed by atoms with Crippen LogP contribution >= 0.6 is 0 Å². The summed E-state index contributed by atoms with van der Waals surface area (Å²) in [7, 11) is 0. The molecule has 0 saturated carbocycles. The van der Waals surface area contributed by atoms with Crippen molar-refractivity contribution in [2.24, 2.45) is 0 Å². The first-order valence-electron chi connectivity index (χ1n) is 6.70. The number of amides is 1. The van der Waals surface area contributed by atoms with Crippen molar-refractivity contribution in [3.63, 3.8) is 0 Å². The number of ether oxygens (including phenoxy) is 1. The second kappa shape index (κ2) is 5.61. The van der Waals surface area contributed by atoms with Crippen LogP contribution in [0.5, 0.6) is 5.75 Å². The number of hydrogen-bond donors (Lipinski definition) is 1. The molecule has 1 aliphatic rings. The number of hydrogen-bond acceptors (Lipinski definition) is 3. The van der Waals surface area contributed by atoms with Crippen LogP contribution in [-0.4, -0.2) is 42.1 Å². The van der Waals surface area contributed by atoms with Crippen LogP contribution in [0.25, 0.3) is 0 Å². The minimum atomic E-state index is -0.0328. The lowest BCUT2D eigenvalue weighted by molar-refractivity contribution is -0.138. The fourth-order valence-electron chi connectivity index (χ4n) is 2.25. The third-order valence-corrected chi connectivity index (χ3v) is 3.40. The van der Waals surface area contributed by atoms with Gasteiger partial charge in [0, 0.05) is 24.7 Å². The number of nitrogens with zero attached hydrogens (tertiary/aromatic N) is 1. The monoisotopic (exact) mass is 262 g/mol. The zero-order valence-electron chi connectivity index (χ0n) is 11.8. The highest BCUT2D eigenvalue weighted by Gasteiger charge is 2.33. The molecule has 2 rings (SSSR count). The molecule has 104 valence electrons. The Bertz CT molecular complexity index is 431. The summed E-state index contributed by atoms with van der Waals surface area (Å²) in [6.45, 7) is 7.91. The van der Waals surface area contributed by atoms with Crippen molar-refractivity contribution in [2.75, 3.05) is 19.7 Å². The molecule has 1 fully saturated rings. The van der Waals surface area contributed by atoms with Crippen LogP contribution in [0.4, 0.5) is 0 Å². The van der Waals surface area contributed by atoms with Gasteiger partial charge in [-0.15, -0.1) is 0 Å². The molecular weight excluding hydrogens is 240 g/mol. The smallest absolute Gasteiger partial charge is 0.260 e. The van der Waals surface area contributed by atoms with E-state index in [4.69, 9.17) is 4.74 Å². The van der Waals surface area contributed by atoms with E-state index in [0.29, 0.717) is 6.54 Å². The van der Waals surface area contributed by atoms with Crippen molar-refractivity contribution < 1.29 is 9.53 Å². The van der Waals surface area contributed by atoms with Crippen LogP contribution in [0.2, 0.25) is 0 Å². The average Bonchev–Trinajstić information content (AvgIpc) is 2.40. The maximum absolute atomic E-state index is 12.2. The van der Waals surface area contributed by atoms with Gasteiger partial charge in [0.2, 0.25) is 0 Å². The molecule has 1 saturated heterocycles. The Morgan fingerprint density at radius 2 is 2.11 bits per heavy atom. The number of para-hydroxylation sites is 1. The van der Waals surface area contributed by atoms with Gasteiger partial charge in [0.25, 0.3) is 5.91 Å². The number of benzene rings is 1. The summed E-state index contributed by atoms with van der Waals surface area (Å²) in [5.74, 6) is 0.781. The number of carbonyl (C=O) groups excluding carboxylic acids is 1. The number of rotatable bonds is 3. The summed E-state index contributed by atoms with van der Waals surface area (Å²) in [5, 5.41) is 3.43. The second-order valence-corrected chi connectivity index (χ2v) is 5.74. The molecule has 1 amide bonds. The standard InChI is InChI=1S/C15H22N2O2/c1-12-9-16-15(2,3)11-17(12)14(18)10-19-13-7-5-4-6-8-13/h4-8,12,16H,9-11H2,1-3H3. The quantitative estimate of drug-likeness (QED) is 0.901. The molecule has 1 aromatic rings. The highest BCUT2D eigenvalue weighted by Crippen LogP contribution is 2.16. The van der Waals surface area contributed by atoms with Crippen molar-refractivity contribution in [2.45, 2.75) is 32.4 Å². The van der Waals surface area contributed by atoms with E-state index in [1.807, 2.05) is 35.2 Å². The van der Waals surface area contributed by atoms with Crippen LogP contribution < -0.4 is 10.1 Å². The van der Waals surface area contributed by atoms with Gasteiger partial charge in [0.15, 0.2) is 6.61 Å². The molecule has 0 aliphatic carbocycles. The Morgan fingerprint density at radius 3 is 2.79 bits per heavy atom. The molecule has 0 aromatic heterocycles. The van der Waals surface area contributed by atoms with Gasteiger partial charge in [-0.2, -0.15) is 0 Å². The fraction of sp³-hybridized carbons (Fsp3) is 0.533. The maximum Gasteiger partial charge on any atom is 0.260 e. The van der Waals surface area contributed by atoms with E-state index in [1.165, 1.54) is 0 Å². The van der Waals surface area contributed by atoms with E-state index >= 15 is 0 Å². The summed E-state index contributed by atoms with van der Waals surface area (Å²) < 4.78 is 5.53. The van der Waals surface area contributed by atoms with E-state index < -0.39 is 0 Å². The predicted molar refractivity (Wildman–Crippen MR) is 75.2 cm³/mol. The van der Waals surface area contributed by atoms with Crippen LogP contribution in [0, 0.1) is 0 Å². The van der Waals surface area contributed by atoms with E-state index in [-0.39, 0.29) is 24.1 Å². The van der Waals surface area contributed by atoms with Crippen LogP contribution in [0.3, 0.4) is 0 Å². The first kappa shape index (κ1) is 13.9. The van der Waals surface area contributed by atoms with Gasteiger partial charge in [-0.1, -0.05) is 18.2 Å². The predicted octanol–water partition coefficient (Wildman–Crippen LogP) is 1.66. The molecule has 1 aliphatic heterocycles. The van der Waals surface area contributed by atoms with Crippen molar-refractivity contribution >= 4 is 5.91 Å². The Hall–Kier alpha value is -1.55. The molecule has 4 nitrogen and oxygen atoms in total. The molecule has 1 aromatic carbocycles. The molecule has 1 heterocycles. The van der Waals surface area contributed by atoms with Crippen LogP contribution in [0.15, 0.2) is 30.3 Å². The molecule has 0 spiro atoms. The fourth-order valence-corrected chi connectivity index (χ4v) is 2.25.